The molecule has 314 valence electrons. The van der Waals surface area contributed by atoms with Crippen molar-refractivity contribution in [2.45, 2.75) is 64.2 Å². The predicted octanol–water partition coefficient (Wildman–Crippen LogP) is 2.95. The Morgan fingerprint density at radius 3 is 2.29 bits per heavy atom. The van der Waals surface area contributed by atoms with Gasteiger partial charge in [-0.3, -0.25) is 29.4 Å². The maximum Gasteiger partial charge on any atom is 0.317 e. The van der Waals surface area contributed by atoms with Crippen LogP contribution in [0, 0.1) is 5.92 Å². The molecule has 2 aromatic carbocycles. The summed E-state index contributed by atoms with van der Waals surface area (Å²) in [6.45, 7) is 5.35. The van der Waals surface area contributed by atoms with Crippen molar-refractivity contribution < 1.29 is 32.8 Å². The van der Waals surface area contributed by atoms with E-state index in [9.17, 15) is 24.0 Å². The highest BCUT2D eigenvalue weighted by molar-refractivity contribution is 6.05. The molecule has 3 fully saturated rings. The molecule has 0 bridgehead atoms. The predicted molar refractivity (Wildman–Crippen MR) is 223 cm³/mol. The number of carbonyl (C=O) groups excluding carboxylic acids is 4. The quantitative estimate of drug-likeness (QED) is 0.293. The van der Waals surface area contributed by atoms with E-state index in [4.69, 9.17) is 13.6 Å². The smallest absolute Gasteiger partial charge is 0.317 e. The number of anilines is 1. The van der Waals surface area contributed by atoms with Crippen molar-refractivity contribution in [1.82, 2.24) is 34.8 Å². The second kappa shape index (κ2) is 17.1. The number of methoxy groups -OCH3 is 2. The van der Waals surface area contributed by atoms with Crippen LogP contribution in [0.2, 0.25) is 0 Å². The van der Waals surface area contributed by atoms with E-state index in [1.54, 1.807) is 32.4 Å². The van der Waals surface area contributed by atoms with Gasteiger partial charge in [-0.25, -0.2) is 4.79 Å². The number of aromatic nitrogens is 1. The lowest BCUT2D eigenvalue weighted by Gasteiger charge is -2.37. The van der Waals surface area contributed by atoms with Gasteiger partial charge in [-0.1, -0.05) is 6.07 Å². The molecule has 5 amide bonds. The van der Waals surface area contributed by atoms with Crippen LogP contribution in [-0.4, -0.2) is 128 Å². The highest BCUT2D eigenvalue weighted by Gasteiger charge is 2.39. The van der Waals surface area contributed by atoms with E-state index in [1.807, 2.05) is 29.6 Å². The molecule has 8 rings (SSSR count). The molecule has 0 spiro atoms. The average molecular weight is 812 g/mol. The van der Waals surface area contributed by atoms with Gasteiger partial charge in [0.1, 0.15) is 17.5 Å². The zero-order valence-electron chi connectivity index (χ0n) is 37.2. The van der Waals surface area contributed by atoms with Crippen molar-refractivity contribution >= 4 is 29.4 Å². The summed E-state index contributed by atoms with van der Waals surface area (Å²) in [6, 6.07) is 8.70. The minimum Gasteiger partial charge on any atom is -0.496 e. The second-order valence-electron chi connectivity index (χ2n) is 16.5. The highest BCUT2D eigenvalue weighted by atomic mass is 16.5. The Kier molecular flexibility index (Phi) is 10.6. The number of amides is 5. The molecule has 1 atom stereocenters. The SMILES string of the molecule is [2H]C([2H])([2H])NC(=O)N1CCc2c(-c3cc(OC)c(CN4CCN(CCC5CCN(c6ccc7c(c6)C(=O)N(C6CCC(=O)NC6=O)C7)CC5)CC4)c(OC)c3)cn(C)c(=O)c2C1. The summed E-state index contributed by atoms with van der Waals surface area (Å²) in [6.07, 6.45) is 6.11. The van der Waals surface area contributed by atoms with Gasteiger partial charge in [0.2, 0.25) is 11.8 Å². The fraction of sp³-hybridized carbons (Fsp3) is 0.523. The minimum absolute atomic E-state index is 0.00630. The Bertz CT molecular complexity index is 2280. The summed E-state index contributed by atoms with van der Waals surface area (Å²) in [5.74, 6) is 1.19. The van der Waals surface area contributed by atoms with Gasteiger partial charge in [-0.2, -0.15) is 0 Å². The van der Waals surface area contributed by atoms with Crippen LogP contribution in [0.4, 0.5) is 10.5 Å². The van der Waals surface area contributed by atoms with Crippen LogP contribution in [0.3, 0.4) is 0 Å². The molecule has 1 unspecified atom stereocenters. The maximum atomic E-state index is 13.4. The van der Waals surface area contributed by atoms with Crippen LogP contribution >= 0.6 is 0 Å². The van der Waals surface area contributed by atoms with Gasteiger partial charge in [-0.15, -0.1) is 0 Å². The molecule has 3 saturated heterocycles. The summed E-state index contributed by atoms with van der Waals surface area (Å²) in [7, 11) is 4.96. The molecule has 0 aliphatic carbocycles. The number of benzene rings is 2. The lowest BCUT2D eigenvalue weighted by Crippen LogP contribution is -2.52. The first kappa shape index (κ1) is 36.7. The van der Waals surface area contributed by atoms with Gasteiger partial charge in [0.05, 0.1) is 26.3 Å². The van der Waals surface area contributed by atoms with Gasteiger partial charge < -0.3 is 39.0 Å². The van der Waals surface area contributed by atoms with Crippen molar-refractivity contribution in [3.05, 3.63) is 74.7 Å². The number of hydrogen-bond acceptors (Lipinski definition) is 10. The van der Waals surface area contributed by atoms with Gasteiger partial charge in [0.25, 0.3) is 11.5 Å². The molecule has 6 heterocycles. The lowest BCUT2D eigenvalue weighted by atomic mass is 9.91. The molecular weight excluding hydrogens is 753 g/mol. The summed E-state index contributed by atoms with van der Waals surface area (Å²) in [5, 5.41) is 4.40. The van der Waals surface area contributed by atoms with Gasteiger partial charge in [0, 0.05) is 112 Å². The standard InChI is InChI=1S/C44H56N8O7/c1-45-44(57)51-16-12-32-34(25-47(2)42(55)35(32)27-51)30-21-38(58-3)36(39(22-30)59-4)26-49-19-17-48(18-20-49)13-9-28-10-14-50(15-11-28)31-6-5-29-24-52(43(56)33(29)23-31)37-7-8-40(53)46-41(37)54/h5-6,21-23,25,28,37H,7-20,24,26-27H2,1-4H3,(H,45,57)(H,46,53,54)/i1D3. The molecule has 15 heteroatoms. The molecule has 3 aromatic rings. The maximum absolute atomic E-state index is 13.4. The van der Waals surface area contributed by atoms with Gasteiger partial charge in [0.15, 0.2) is 0 Å². The Labute approximate surface area is 349 Å². The first-order chi connectivity index (χ1) is 29.7. The van der Waals surface area contributed by atoms with Crippen LogP contribution in [-0.2, 0) is 42.7 Å². The topological polar surface area (TPSA) is 149 Å². The lowest BCUT2D eigenvalue weighted by molar-refractivity contribution is -0.136. The number of rotatable bonds is 10. The zero-order valence-corrected chi connectivity index (χ0v) is 34.2. The molecule has 5 aliphatic heterocycles. The fourth-order valence-corrected chi connectivity index (χ4v) is 9.58. The van der Waals surface area contributed by atoms with Crippen molar-refractivity contribution in [3.63, 3.8) is 0 Å². The summed E-state index contributed by atoms with van der Waals surface area (Å²) >= 11 is 0. The Morgan fingerprint density at radius 2 is 1.59 bits per heavy atom. The van der Waals surface area contributed by atoms with Gasteiger partial charge >= 0.3 is 6.03 Å². The number of nitrogens with zero attached hydrogens (tertiary/aromatic N) is 6. The van der Waals surface area contributed by atoms with E-state index >= 15 is 0 Å². The van der Waals surface area contributed by atoms with Crippen LogP contribution < -0.4 is 30.6 Å². The van der Waals surface area contributed by atoms with Crippen molar-refractivity contribution in [3.8, 4) is 22.6 Å². The number of piperidine rings is 2. The van der Waals surface area contributed by atoms with Crippen LogP contribution in [0.1, 0.15) is 68.8 Å². The molecular formula is C44H56N8O7. The Hall–Kier alpha value is -5.41. The number of ether oxygens (including phenoxy) is 2. The molecule has 0 radical (unpaired) electrons. The van der Waals surface area contributed by atoms with E-state index in [1.165, 1.54) is 9.47 Å². The molecule has 15 nitrogen and oxygen atoms in total. The van der Waals surface area contributed by atoms with Crippen LogP contribution in [0.15, 0.2) is 41.3 Å². The van der Waals surface area contributed by atoms with E-state index in [0.29, 0.717) is 54.5 Å². The normalized spacial score (nSPS) is 21.3. The van der Waals surface area contributed by atoms with E-state index in [-0.39, 0.29) is 36.9 Å². The Balaban J connectivity index is 0.835. The largest absolute Gasteiger partial charge is 0.496 e. The third kappa shape index (κ3) is 8.14. The van der Waals surface area contributed by atoms with E-state index < -0.39 is 25.0 Å². The van der Waals surface area contributed by atoms with Crippen molar-refractivity contribution in [1.29, 1.82) is 0 Å². The second-order valence-corrected chi connectivity index (χ2v) is 16.5. The summed E-state index contributed by atoms with van der Waals surface area (Å²) in [4.78, 5) is 73.8. The average Bonchev–Trinajstić information content (AvgIpc) is 3.58. The number of fused-ring (bicyclic) bond motifs is 2. The number of carbonyl (C=O) groups is 4. The Morgan fingerprint density at radius 1 is 0.864 bits per heavy atom. The summed E-state index contributed by atoms with van der Waals surface area (Å²) in [5.41, 5.74) is 6.27. The molecule has 5 aliphatic rings. The number of hydrogen-bond donors (Lipinski definition) is 2. The highest BCUT2D eigenvalue weighted by Crippen LogP contribution is 2.39. The van der Waals surface area contributed by atoms with Crippen LogP contribution in [0.5, 0.6) is 11.5 Å². The van der Waals surface area contributed by atoms with Gasteiger partial charge in [-0.05, 0) is 85.5 Å². The first-order valence-corrected chi connectivity index (χ1v) is 20.7. The monoisotopic (exact) mass is 811 g/mol. The zero-order chi connectivity index (χ0) is 43.9. The third-order valence-electron chi connectivity index (χ3n) is 13.1. The third-order valence-corrected chi connectivity index (χ3v) is 13.1. The van der Waals surface area contributed by atoms with Crippen molar-refractivity contribution in [2.75, 3.05) is 78.5 Å². The number of aryl methyl sites for hydroxylation is 1. The molecule has 59 heavy (non-hydrogen) atoms. The van der Waals surface area contributed by atoms with Crippen molar-refractivity contribution in [2.24, 2.45) is 13.0 Å². The molecule has 0 saturated carbocycles. The first-order valence-electron chi connectivity index (χ1n) is 22.2. The molecule has 1 aromatic heterocycles. The number of nitrogens with one attached hydrogen (secondary N) is 2. The fourth-order valence-electron chi connectivity index (χ4n) is 9.58. The minimum atomic E-state index is -2.63. The summed E-state index contributed by atoms with van der Waals surface area (Å²) < 4.78 is 35.7. The van der Waals surface area contributed by atoms with Crippen LogP contribution in [0.25, 0.3) is 11.1 Å². The van der Waals surface area contributed by atoms with E-state index in [0.717, 1.165) is 98.6 Å². The number of imide groups is 1. The van der Waals surface area contributed by atoms with E-state index in [2.05, 4.69) is 26.1 Å². The number of pyridine rings is 1. The number of urea groups is 1. The number of piperazine rings is 1. The molecule has 2 N–H and O–H groups in total.